The number of methoxy groups -OCH3 is 3. The van der Waals surface area contributed by atoms with Crippen LogP contribution in [-0.4, -0.2) is 65.9 Å². The van der Waals surface area contributed by atoms with Gasteiger partial charge in [-0.25, -0.2) is 4.98 Å². The molecule has 0 spiro atoms. The molecule has 1 fully saturated rings. The summed E-state index contributed by atoms with van der Waals surface area (Å²) in [5.74, 6) is 3.35. The zero-order valence-electron chi connectivity index (χ0n) is 22.8. The van der Waals surface area contributed by atoms with Crippen molar-refractivity contribution in [2.45, 2.75) is 36.7 Å². The number of ether oxygens (including phenoxy) is 3. The predicted molar refractivity (Wildman–Crippen MR) is 158 cm³/mol. The number of piperidine rings is 1. The van der Waals surface area contributed by atoms with Gasteiger partial charge in [0.05, 0.1) is 21.3 Å². The zero-order valence-corrected chi connectivity index (χ0v) is 25.2. The Hall–Kier alpha value is -3.51. The number of carbonyl (C=O) groups excluding carboxylic acids is 1. The van der Waals surface area contributed by atoms with Gasteiger partial charge in [0.15, 0.2) is 11.5 Å². The number of halogens is 1. The van der Waals surface area contributed by atoms with Crippen LogP contribution in [0.1, 0.15) is 34.5 Å². The molecule has 0 radical (unpaired) electrons. The van der Waals surface area contributed by atoms with E-state index < -0.39 is 0 Å². The predicted octanol–water partition coefficient (Wildman–Crippen LogP) is 4.91. The SMILES string of the molecule is COc1cc(C(=O)NC2CCCN(c3cc(C)nc4nc(SCc5cccc(Br)c5)nn34)C2)cc(OC)c1OC. The van der Waals surface area contributed by atoms with Crippen LogP contribution in [0.3, 0.4) is 0 Å². The van der Waals surface area contributed by atoms with Crippen molar-refractivity contribution in [1.82, 2.24) is 24.9 Å². The second-order valence-electron chi connectivity index (χ2n) is 9.45. The molecule has 1 aliphatic heterocycles. The standard InChI is InChI=1S/C28H31BrN6O4S/c1-17-11-24(35-27(30-17)32-28(33-35)40-16-18-7-5-8-20(29)12-18)34-10-6-9-21(15-34)31-26(36)19-13-22(37-2)25(39-4)23(14-19)38-3/h5,7-8,11-14,21H,6,9-10,15-16H2,1-4H3,(H,31,36). The summed E-state index contributed by atoms with van der Waals surface area (Å²) in [6, 6.07) is 13.5. The molecule has 2 aromatic heterocycles. The van der Waals surface area contributed by atoms with Crippen molar-refractivity contribution < 1.29 is 19.0 Å². The summed E-state index contributed by atoms with van der Waals surface area (Å²) in [6.45, 7) is 3.44. The number of carbonyl (C=O) groups is 1. The number of rotatable bonds is 9. The first kappa shape index (κ1) is 28.0. The molecule has 5 rings (SSSR count). The third-order valence-corrected chi connectivity index (χ3v) is 8.07. The van der Waals surface area contributed by atoms with Crippen LogP contribution >= 0.6 is 27.7 Å². The van der Waals surface area contributed by atoms with Gasteiger partial charge in [-0.3, -0.25) is 4.79 Å². The first-order chi connectivity index (χ1) is 19.4. The number of anilines is 1. The molecule has 12 heteroatoms. The lowest BCUT2D eigenvalue weighted by atomic mass is 10.0. The van der Waals surface area contributed by atoms with E-state index in [1.165, 1.54) is 26.9 Å². The van der Waals surface area contributed by atoms with E-state index in [1.54, 1.807) is 28.4 Å². The number of nitrogens with zero attached hydrogens (tertiary/aromatic N) is 5. The van der Waals surface area contributed by atoms with Crippen molar-refractivity contribution in [3.8, 4) is 17.2 Å². The van der Waals surface area contributed by atoms with E-state index >= 15 is 0 Å². The maximum Gasteiger partial charge on any atom is 0.255 e. The van der Waals surface area contributed by atoms with Crippen molar-refractivity contribution >= 4 is 45.2 Å². The van der Waals surface area contributed by atoms with Gasteiger partial charge < -0.3 is 24.4 Å². The highest BCUT2D eigenvalue weighted by atomic mass is 79.9. The van der Waals surface area contributed by atoms with Gasteiger partial charge in [-0.15, -0.1) is 5.10 Å². The molecule has 1 N–H and O–H groups in total. The largest absolute Gasteiger partial charge is 0.493 e. The van der Waals surface area contributed by atoms with Gasteiger partial charge in [0.2, 0.25) is 10.9 Å². The number of nitrogens with one attached hydrogen (secondary N) is 1. The molecule has 3 heterocycles. The molecular weight excluding hydrogens is 596 g/mol. The van der Waals surface area contributed by atoms with Crippen LogP contribution in [0.25, 0.3) is 5.78 Å². The number of thioether (sulfide) groups is 1. The third kappa shape index (κ3) is 6.12. The van der Waals surface area contributed by atoms with Gasteiger partial charge in [0.1, 0.15) is 5.82 Å². The topological polar surface area (TPSA) is 103 Å². The molecular formula is C28H31BrN6O4S. The average Bonchev–Trinajstić information content (AvgIpc) is 3.37. The zero-order chi connectivity index (χ0) is 28.2. The summed E-state index contributed by atoms with van der Waals surface area (Å²) in [5, 5.41) is 8.63. The fourth-order valence-electron chi connectivity index (χ4n) is 4.79. The quantitative estimate of drug-likeness (QED) is 0.259. The van der Waals surface area contributed by atoms with Crippen molar-refractivity contribution in [1.29, 1.82) is 0 Å². The molecule has 4 aromatic rings. The molecule has 10 nitrogen and oxygen atoms in total. The van der Waals surface area contributed by atoms with Crippen LogP contribution < -0.4 is 24.4 Å². The molecule has 1 atom stereocenters. The van der Waals surface area contributed by atoms with Gasteiger partial charge in [-0.1, -0.05) is 39.8 Å². The lowest BCUT2D eigenvalue weighted by Crippen LogP contribution is -2.48. The van der Waals surface area contributed by atoms with E-state index in [-0.39, 0.29) is 11.9 Å². The monoisotopic (exact) mass is 626 g/mol. The summed E-state index contributed by atoms with van der Waals surface area (Å²) in [6.07, 6.45) is 1.78. The van der Waals surface area contributed by atoms with Gasteiger partial charge in [-0.2, -0.15) is 9.50 Å². The van der Waals surface area contributed by atoms with Gasteiger partial charge in [0, 0.05) is 46.7 Å². The number of fused-ring (bicyclic) bond motifs is 1. The molecule has 2 aromatic carbocycles. The van der Waals surface area contributed by atoms with E-state index in [1.807, 2.05) is 25.1 Å². The third-order valence-electron chi connectivity index (χ3n) is 6.67. The van der Waals surface area contributed by atoms with E-state index in [4.69, 9.17) is 19.3 Å². The van der Waals surface area contributed by atoms with Crippen LogP contribution in [0.5, 0.6) is 17.2 Å². The van der Waals surface area contributed by atoms with Crippen LogP contribution in [0, 0.1) is 6.92 Å². The van der Waals surface area contributed by atoms with Crippen LogP contribution in [0.15, 0.2) is 52.1 Å². The van der Waals surface area contributed by atoms with Crippen LogP contribution in [-0.2, 0) is 5.75 Å². The number of aromatic nitrogens is 4. The minimum absolute atomic E-state index is 0.0576. The maximum absolute atomic E-state index is 13.2. The first-order valence-electron chi connectivity index (χ1n) is 12.9. The summed E-state index contributed by atoms with van der Waals surface area (Å²) in [7, 11) is 4.60. The Morgan fingerprint density at radius 2 is 1.88 bits per heavy atom. The minimum Gasteiger partial charge on any atom is -0.493 e. The normalized spacial score (nSPS) is 15.2. The summed E-state index contributed by atoms with van der Waals surface area (Å²) in [5.41, 5.74) is 2.49. The summed E-state index contributed by atoms with van der Waals surface area (Å²) < 4.78 is 19.1. The average molecular weight is 628 g/mol. The second kappa shape index (κ2) is 12.3. The molecule has 1 unspecified atom stereocenters. The fourth-order valence-corrected chi connectivity index (χ4v) is 6.00. The minimum atomic E-state index is -0.200. The smallest absolute Gasteiger partial charge is 0.255 e. The fraction of sp³-hybridized carbons (Fsp3) is 0.357. The molecule has 40 heavy (non-hydrogen) atoms. The van der Waals surface area contributed by atoms with Crippen molar-refractivity contribution in [3.05, 3.63) is 63.8 Å². The van der Waals surface area contributed by atoms with E-state index in [0.717, 1.165) is 41.1 Å². The summed E-state index contributed by atoms with van der Waals surface area (Å²) in [4.78, 5) is 24.8. The molecule has 0 aliphatic carbocycles. The highest BCUT2D eigenvalue weighted by Crippen LogP contribution is 2.38. The maximum atomic E-state index is 13.2. The molecule has 0 bridgehead atoms. The molecule has 210 valence electrons. The highest BCUT2D eigenvalue weighted by molar-refractivity contribution is 9.10. The number of aryl methyl sites for hydroxylation is 1. The number of benzene rings is 2. The molecule has 0 saturated carbocycles. The lowest BCUT2D eigenvalue weighted by molar-refractivity contribution is 0.0932. The first-order valence-corrected chi connectivity index (χ1v) is 14.6. The number of hydrogen-bond donors (Lipinski definition) is 1. The van der Waals surface area contributed by atoms with Crippen molar-refractivity contribution in [2.24, 2.45) is 0 Å². The van der Waals surface area contributed by atoms with Crippen LogP contribution in [0.4, 0.5) is 5.82 Å². The van der Waals surface area contributed by atoms with E-state index in [0.29, 0.717) is 40.3 Å². The highest BCUT2D eigenvalue weighted by Gasteiger charge is 2.26. The Morgan fingerprint density at radius 3 is 2.58 bits per heavy atom. The Labute approximate surface area is 245 Å². The van der Waals surface area contributed by atoms with Gasteiger partial charge in [-0.05, 0) is 49.6 Å². The Balaban J connectivity index is 1.33. The second-order valence-corrected chi connectivity index (χ2v) is 11.3. The Bertz CT molecular complexity index is 1510. The number of amides is 1. The Kier molecular flexibility index (Phi) is 8.65. The van der Waals surface area contributed by atoms with Crippen molar-refractivity contribution in [3.63, 3.8) is 0 Å². The molecule has 1 aliphatic rings. The van der Waals surface area contributed by atoms with Crippen LogP contribution in [0.2, 0.25) is 0 Å². The molecule has 1 saturated heterocycles. The summed E-state index contributed by atoms with van der Waals surface area (Å²) >= 11 is 5.10. The van der Waals surface area contributed by atoms with E-state index in [2.05, 4.69) is 48.2 Å². The van der Waals surface area contributed by atoms with Crippen molar-refractivity contribution in [2.75, 3.05) is 39.3 Å². The Morgan fingerprint density at radius 1 is 1.10 bits per heavy atom. The van der Waals surface area contributed by atoms with Gasteiger partial charge in [0.25, 0.3) is 11.7 Å². The van der Waals surface area contributed by atoms with E-state index in [9.17, 15) is 4.79 Å². The molecule has 1 amide bonds. The lowest BCUT2D eigenvalue weighted by Gasteiger charge is -2.34. The number of hydrogen-bond acceptors (Lipinski definition) is 9. The van der Waals surface area contributed by atoms with Gasteiger partial charge >= 0.3 is 0 Å².